The molecule has 0 aliphatic heterocycles. The molecule has 1 fully saturated rings. The maximum Gasteiger partial charge on any atom is 0.500 e. The number of carbonyl (C=O) groups excluding carboxylic acids is 1. The van der Waals surface area contributed by atoms with Gasteiger partial charge < -0.3 is 23.7 Å². The Morgan fingerprint density at radius 1 is 1.03 bits per heavy atom. The van der Waals surface area contributed by atoms with Crippen LogP contribution >= 0.6 is 0 Å². The number of rotatable bonds is 12. The van der Waals surface area contributed by atoms with Crippen LogP contribution in [0.25, 0.3) is 0 Å². The van der Waals surface area contributed by atoms with Crippen LogP contribution < -0.4 is 5.32 Å². The number of aliphatic carboxylic acids is 1. The summed E-state index contributed by atoms with van der Waals surface area (Å²) in [6, 6.07) is 0.814. The number of carboxylic acids is 1. The van der Waals surface area contributed by atoms with Gasteiger partial charge in [-0.1, -0.05) is 39.0 Å². The van der Waals surface area contributed by atoms with E-state index in [1.54, 1.807) is 21.3 Å². The van der Waals surface area contributed by atoms with Crippen molar-refractivity contribution in [1.29, 1.82) is 0 Å². The predicted octanol–water partition coefficient (Wildman–Crippen LogP) is 5.02. The van der Waals surface area contributed by atoms with Gasteiger partial charge in [-0.15, -0.1) is 0 Å². The third kappa shape index (κ3) is 13.9. The van der Waals surface area contributed by atoms with Crippen LogP contribution in [-0.2, 0) is 22.9 Å². The van der Waals surface area contributed by atoms with E-state index in [0.717, 1.165) is 51.0 Å². The maximum atomic E-state index is 12.4. The van der Waals surface area contributed by atoms with Crippen LogP contribution in [0.4, 0.5) is 0 Å². The van der Waals surface area contributed by atoms with Crippen LogP contribution in [0.15, 0.2) is 0 Å². The van der Waals surface area contributed by atoms with Crippen LogP contribution in [0.3, 0.4) is 0 Å². The molecule has 1 aliphatic rings. The first-order chi connectivity index (χ1) is 14.5. The Balaban J connectivity index is 0.000000842. The van der Waals surface area contributed by atoms with Crippen molar-refractivity contribution in [2.24, 2.45) is 11.8 Å². The molecule has 1 amide bonds. The molecule has 2 N–H and O–H groups in total. The van der Waals surface area contributed by atoms with E-state index in [2.05, 4.69) is 12.2 Å². The van der Waals surface area contributed by atoms with Gasteiger partial charge in [-0.3, -0.25) is 9.59 Å². The summed E-state index contributed by atoms with van der Waals surface area (Å²) in [6.45, 7) is 8.20. The Morgan fingerprint density at radius 2 is 1.65 bits per heavy atom. The summed E-state index contributed by atoms with van der Waals surface area (Å²) >= 11 is 0. The SMILES string of the molecule is CCCCCCC(=O)O.CO[Si](CCC1CCCC(C(=O)NC(C)(C)C)C1)(OC)OC. The van der Waals surface area contributed by atoms with Crippen LogP contribution in [0, 0.1) is 11.8 Å². The molecule has 0 heterocycles. The fourth-order valence-electron chi connectivity index (χ4n) is 3.90. The Morgan fingerprint density at radius 3 is 2.13 bits per heavy atom. The van der Waals surface area contributed by atoms with Gasteiger partial charge in [-0.05, 0) is 52.4 Å². The molecule has 0 aromatic heterocycles. The molecule has 0 saturated heterocycles. The second-order valence-corrected chi connectivity index (χ2v) is 12.6. The van der Waals surface area contributed by atoms with Gasteiger partial charge >= 0.3 is 14.8 Å². The fourth-order valence-corrected chi connectivity index (χ4v) is 5.78. The number of amides is 1. The quantitative estimate of drug-likeness (QED) is 0.313. The molecular formula is C23H47NO6Si. The molecule has 0 bridgehead atoms. The highest BCUT2D eigenvalue weighted by Gasteiger charge is 2.39. The van der Waals surface area contributed by atoms with E-state index in [9.17, 15) is 9.59 Å². The second-order valence-electron chi connectivity index (χ2n) is 9.51. The molecule has 8 heteroatoms. The van der Waals surface area contributed by atoms with E-state index in [-0.39, 0.29) is 17.4 Å². The van der Waals surface area contributed by atoms with Crippen LogP contribution in [0.1, 0.15) is 91.9 Å². The second kappa shape index (κ2) is 15.8. The van der Waals surface area contributed by atoms with Crippen molar-refractivity contribution in [3.05, 3.63) is 0 Å². The van der Waals surface area contributed by atoms with E-state index < -0.39 is 14.8 Å². The van der Waals surface area contributed by atoms with Gasteiger partial charge in [0.15, 0.2) is 0 Å². The molecule has 1 rings (SSSR count). The van der Waals surface area contributed by atoms with E-state index >= 15 is 0 Å². The highest BCUT2D eigenvalue weighted by molar-refractivity contribution is 6.60. The normalized spacial score (nSPS) is 19.3. The zero-order chi connectivity index (χ0) is 23.9. The molecule has 31 heavy (non-hydrogen) atoms. The maximum absolute atomic E-state index is 12.4. The molecule has 0 spiro atoms. The highest BCUT2D eigenvalue weighted by atomic mass is 28.4. The number of unbranched alkanes of at least 4 members (excludes halogenated alkanes) is 3. The lowest BCUT2D eigenvalue weighted by molar-refractivity contribution is -0.137. The number of nitrogens with one attached hydrogen (secondary N) is 1. The van der Waals surface area contributed by atoms with Gasteiger partial charge in [0.25, 0.3) is 0 Å². The highest BCUT2D eigenvalue weighted by Crippen LogP contribution is 2.34. The fraction of sp³-hybridized carbons (Fsp3) is 0.913. The predicted molar refractivity (Wildman–Crippen MR) is 126 cm³/mol. The minimum absolute atomic E-state index is 0.140. The first-order valence-electron chi connectivity index (χ1n) is 11.7. The van der Waals surface area contributed by atoms with Crippen molar-refractivity contribution in [2.45, 2.75) is 103 Å². The van der Waals surface area contributed by atoms with Gasteiger partial charge in [0, 0.05) is 45.3 Å². The number of carboxylic acid groups (broad SMARTS) is 1. The molecule has 7 nitrogen and oxygen atoms in total. The third-order valence-electron chi connectivity index (χ3n) is 5.69. The van der Waals surface area contributed by atoms with Crippen molar-refractivity contribution >= 4 is 20.7 Å². The first-order valence-corrected chi connectivity index (χ1v) is 13.6. The summed E-state index contributed by atoms with van der Waals surface area (Å²) in [5.74, 6) is 0.218. The molecule has 2 atom stereocenters. The molecule has 184 valence electrons. The number of hydrogen-bond acceptors (Lipinski definition) is 5. The van der Waals surface area contributed by atoms with E-state index in [1.807, 2.05) is 20.8 Å². The first kappa shape index (κ1) is 30.0. The largest absolute Gasteiger partial charge is 0.500 e. The lowest BCUT2D eigenvalue weighted by atomic mass is 9.79. The lowest BCUT2D eigenvalue weighted by Crippen LogP contribution is -2.45. The molecule has 0 radical (unpaired) electrons. The average molecular weight is 462 g/mol. The minimum Gasteiger partial charge on any atom is -0.481 e. The molecule has 1 aliphatic carbocycles. The van der Waals surface area contributed by atoms with Crippen LogP contribution in [-0.4, -0.2) is 52.7 Å². The molecule has 0 aromatic rings. The number of carbonyl (C=O) groups is 2. The van der Waals surface area contributed by atoms with Crippen molar-refractivity contribution in [3.8, 4) is 0 Å². The monoisotopic (exact) mass is 461 g/mol. The van der Waals surface area contributed by atoms with Crippen molar-refractivity contribution in [2.75, 3.05) is 21.3 Å². The zero-order valence-corrected chi connectivity index (χ0v) is 21.9. The van der Waals surface area contributed by atoms with Gasteiger partial charge in [-0.25, -0.2) is 0 Å². The number of hydrogen-bond donors (Lipinski definition) is 2. The minimum atomic E-state index is -2.49. The van der Waals surface area contributed by atoms with Crippen molar-refractivity contribution in [3.63, 3.8) is 0 Å². The summed E-state index contributed by atoms with van der Waals surface area (Å²) in [7, 11) is 2.47. The van der Waals surface area contributed by atoms with Crippen molar-refractivity contribution in [1.82, 2.24) is 5.32 Å². The molecule has 2 unspecified atom stereocenters. The van der Waals surface area contributed by atoms with Crippen LogP contribution in [0.2, 0.25) is 6.04 Å². The van der Waals surface area contributed by atoms with Gasteiger partial charge in [0.2, 0.25) is 5.91 Å². The third-order valence-corrected chi connectivity index (χ3v) is 8.45. The van der Waals surface area contributed by atoms with Crippen LogP contribution in [0.5, 0.6) is 0 Å². The van der Waals surface area contributed by atoms with E-state index in [1.165, 1.54) is 12.8 Å². The van der Waals surface area contributed by atoms with Gasteiger partial charge in [0.05, 0.1) is 0 Å². The molecule has 1 saturated carbocycles. The lowest BCUT2D eigenvalue weighted by Gasteiger charge is -2.32. The topological polar surface area (TPSA) is 94.1 Å². The molecule has 0 aromatic carbocycles. The Kier molecular flexibility index (Phi) is 15.3. The smallest absolute Gasteiger partial charge is 0.481 e. The summed E-state index contributed by atoms with van der Waals surface area (Å²) in [4.78, 5) is 22.3. The van der Waals surface area contributed by atoms with E-state index in [0.29, 0.717) is 12.3 Å². The van der Waals surface area contributed by atoms with Crippen molar-refractivity contribution < 1.29 is 28.0 Å². The van der Waals surface area contributed by atoms with E-state index in [4.69, 9.17) is 18.4 Å². The summed E-state index contributed by atoms with van der Waals surface area (Å²) < 4.78 is 16.4. The summed E-state index contributed by atoms with van der Waals surface area (Å²) in [5, 5.41) is 11.3. The Hall–Kier alpha value is -0.963. The standard InChI is InChI=1S/C16H33NO4Si.C7H14O2/c1-16(2,3)17-15(18)14-9-7-8-13(12-14)10-11-22(19-4,20-5)21-6;1-2-3-4-5-6-7(8)9/h13-14H,7-12H2,1-6H3,(H,17,18);2-6H2,1H3,(H,8,9). The zero-order valence-electron chi connectivity index (χ0n) is 20.9. The summed E-state index contributed by atoms with van der Waals surface area (Å²) in [5.41, 5.74) is -0.158. The Bertz CT molecular complexity index is 497. The summed E-state index contributed by atoms with van der Waals surface area (Å²) in [6.07, 6.45) is 9.82. The Labute approximate surface area is 191 Å². The van der Waals surface area contributed by atoms with Gasteiger partial charge in [0.1, 0.15) is 0 Å². The van der Waals surface area contributed by atoms with Gasteiger partial charge in [-0.2, -0.15) is 0 Å². The molecular weight excluding hydrogens is 414 g/mol. The average Bonchev–Trinajstić information content (AvgIpc) is 2.72.